The van der Waals surface area contributed by atoms with Crippen LogP contribution in [0.1, 0.15) is 6.92 Å². The molecule has 0 saturated carbocycles. The number of amides is 1. The van der Waals surface area contributed by atoms with Gasteiger partial charge in [-0.25, -0.2) is 0 Å². The summed E-state index contributed by atoms with van der Waals surface area (Å²) in [6, 6.07) is 6.78. The van der Waals surface area contributed by atoms with E-state index >= 15 is 0 Å². The first-order valence-electron chi connectivity index (χ1n) is 4.60. The number of benzene rings is 1. The van der Waals surface area contributed by atoms with Gasteiger partial charge >= 0.3 is 0 Å². The number of carbonyl (C=O) groups excluding carboxylic acids is 2. The zero-order valence-corrected chi connectivity index (χ0v) is 9.03. The molecule has 5 nitrogen and oxygen atoms in total. The highest BCUT2D eigenvalue weighted by molar-refractivity contribution is 6.66. The maximum Gasteiger partial charge on any atom is 0.277 e. The van der Waals surface area contributed by atoms with Crippen molar-refractivity contribution in [2.24, 2.45) is 0 Å². The summed E-state index contributed by atoms with van der Waals surface area (Å²) in [6.45, 7) is 1.17. The van der Waals surface area contributed by atoms with Crippen LogP contribution >= 0.6 is 0 Å². The molecule has 2 N–H and O–H groups in total. The normalized spacial score (nSPS) is 9.38. The molecule has 0 fully saturated rings. The average molecular weight is 220 g/mol. The number of hydrogen-bond donors (Lipinski definition) is 2. The molecule has 0 spiro atoms. The van der Waals surface area contributed by atoms with E-state index in [0.717, 1.165) is 0 Å². The van der Waals surface area contributed by atoms with Crippen LogP contribution < -0.4 is 10.1 Å². The summed E-state index contributed by atoms with van der Waals surface area (Å²) in [4.78, 5) is 22.2. The highest BCUT2D eigenvalue weighted by atomic mass is 16.5. The van der Waals surface area contributed by atoms with Gasteiger partial charge in [-0.2, -0.15) is 0 Å². The zero-order valence-electron chi connectivity index (χ0n) is 9.03. The van der Waals surface area contributed by atoms with E-state index in [1.54, 1.807) is 24.3 Å². The number of ketones is 1. The number of Topliss-reactive ketones (excluding diaryl/α,β-unsaturated/α-hetero) is 1. The van der Waals surface area contributed by atoms with Crippen molar-refractivity contribution < 1.29 is 14.3 Å². The highest BCUT2D eigenvalue weighted by Gasteiger charge is 2.15. The number of carbonyl (C=O) groups is 2. The molecule has 0 aliphatic rings. The molecule has 0 heterocycles. The molecule has 0 bridgehead atoms. The Kier molecular flexibility index (Phi) is 3.77. The van der Waals surface area contributed by atoms with E-state index in [9.17, 15) is 9.59 Å². The number of ether oxygens (including phenoxy) is 1. The topological polar surface area (TPSA) is 79.2 Å². The maximum atomic E-state index is 11.4. The van der Waals surface area contributed by atoms with Crippen LogP contribution in [-0.2, 0) is 9.59 Å². The van der Waals surface area contributed by atoms with Crippen molar-refractivity contribution in [2.45, 2.75) is 6.92 Å². The molecular formula is C11H12N2O3. The van der Waals surface area contributed by atoms with Gasteiger partial charge in [0.2, 0.25) is 0 Å². The number of para-hydroxylation sites is 2. The molecule has 0 unspecified atom stereocenters. The predicted octanol–water partition coefficient (Wildman–Crippen LogP) is 1.24. The predicted molar refractivity (Wildman–Crippen MR) is 60.0 cm³/mol. The number of nitrogens with one attached hydrogen (secondary N) is 2. The second-order valence-electron chi connectivity index (χ2n) is 3.09. The van der Waals surface area contributed by atoms with Crippen molar-refractivity contribution in [3.8, 4) is 5.75 Å². The molecule has 5 heteroatoms. The van der Waals surface area contributed by atoms with Crippen LogP contribution in [0.5, 0.6) is 5.75 Å². The first-order valence-corrected chi connectivity index (χ1v) is 4.60. The summed E-state index contributed by atoms with van der Waals surface area (Å²) in [6.07, 6.45) is 0. The molecule has 0 atom stereocenters. The molecule has 1 rings (SSSR count). The number of methoxy groups -OCH3 is 1. The zero-order chi connectivity index (χ0) is 12.1. The largest absolute Gasteiger partial charge is 0.495 e. The van der Waals surface area contributed by atoms with Crippen molar-refractivity contribution in [3.63, 3.8) is 0 Å². The molecule has 1 aromatic rings. The van der Waals surface area contributed by atoms with Gasteiger partial charge in [0, 0.05) is 6.92 Å². The van der Waals surface area contributed by atoms with Gasteiger partial charge in [-0.1, -0.05) is 12.1 Å². The van der Waals surface area contributed by atoms with Crippen molar-refractivity contribution in [1.82, 2.24) is 0 Å². The van der Waals surface area contributed by atoms with Gasteiger partial charge in [0.1, 0.15) is 5.75 Å². The van der Waals surface area contributed by atoms with Crippen LogP contribution in [0, 0.1) is 5.41 Å². The molecule has 0 aliphatic heterocycles. The number of hydrogen-bond acceptors (Lipinski definition) is 4. The Bertz CT molecular complexity index is 441. The first kappa shape index (κ1) is 11.9. The summed E-state index contributed by atoms with van der Waals surface area (Å²) in [7, 11) is 1.47. The highest BCUT2D eigenvalue weighted by Crippen LogP contribution is 2.22. The fourth-order valence-corrected chi connectivity index (χ4v) is 1.09. The lowest BCUT2D eigenvalue weighted by Gasteiger charge is -2.08. The monoisotopic (exact) mass is 220 g/mol. The van der Waals surface area contributed by atoms with Gasteiger partial charge in [-0.3, -0.25) is 15.0 Å². The lowest BCUT2D eigenvalue weighted by molar-refractivity contribution is -0.114. The molecule has 0 aliphatic carbocycles. The Morgan fingerprint density at radius 1 is 1.31 bits per heavy atom. The van der Waals surface area contributed by atoms with E-state index in [4.69, 9.17) is 10.1 Å². The summed E-state index contributed by atoms with van der Waals surface area (Å²) in [5.41, 5.74) is -0.146. The second kappa shape index (κ2) is 5.06. The third-order valence-corrected chi connectivity index (χ3v) is 1.93. The Hall–Kier alpha value is -2.17. The van der Waals surface area contributed by atoms with Gasteiger partial charge in [-0.05, 0) is 12.1 Å². The fourth-order valence-electron chi connectivity index (χ4n) is 1.09. The third-order valence-electron chi connectivity index (χ3n) is 1.93. The molecule has 0 aromatic heterocycles. The van der Waals surface area contributed by atoms with Crippen molar-refractivity contribution >= 4 is 23.1 Å². The molecule has 84 valence electrons. The Labute approximate surface area is 92.9 Å². The lowest BCUT2D eigenvalue weighted by atomic mass is 10.2. The Balaban J connectivity index is 2.85. The minimum atomic E-state index is -0.739. The fraction of sp³-hybridized carbons (Fsp3) is 0.182. The first-order chi connectivity index (χ1) is 7.56. The minimum absolute atomic E-state index is 0.431. The van der Waals surface area contributed by atoms with Crippen molar-refractivity contribution in [1.29, 1.82) is 5.41 Å². The SMILES string of the molecule is COc1ccccc1NC(=O)C(=N)C(C)=O. The standard InChI is InChI=1S/C11H12N2O3/c1-7(14)10(12)11(15)13-8-5-3-4-6-9(8)16-2/h3-6,12H,1-2H3,(H,13,15). The quantitative estimate of drug-likeness (QED) is 0.591. The van der Waals surface area contributed by atoms with E-state index in [1.165, 1.54) is 14.0 Å². The molecule has 1 amide bonds. The van der Waals surface area contributed by atoms with Gasteiger partial charge < -0.3 is 10.1 Å². The van der Waals surface area contributed by atoms with Crippen LogP contribution in [0.3, 0.4) is 0 Å². The van der Waals surface area contributed by atoms with Crippen LogP contribution in [0.25, 0.3) is 0 Å². The molecule has 0 saturated heterocycles. The van der Waals surface area contributed by atoms with E-state index in [2.05, 4.69) is 5.32 Å². The van der Waals surface area contributed by atoms with Crippen LogP contribution in [0.15, 0.2) is 24.3 Å². The average Bonchev–Trinajstić information content (AvgIpc) is 2.28. The van der Waals surface area contributed by atoms with Crippen molar-refractivity contribution in [2.75, 3.05) is 12.4 Å². The maximum absolute atomic E-state index is 11.4. The van der Waals surface area contributed by atoms with Gasteiger partial charge in [0.25, 0.3) is 5.91 Å². The molecule has 16 heavy (non-hydrogen) atoms. The summed E-state index contributed by atoms with van der Waals surface area (Å²) >= 11 is 0. The van der Waals surface area contributed by atoms with Gasteiger partial charge in [-0.15, -0.1) is 0 Å². The van der Waals surface area contributed by atoms with Crippen molar-refractivity contribution in [3.05, 3.63) is 24.3 Å². The van der Waals surface area contributed by atoms with Gasteiger partial charge in [0.05, 0.1) is 12.8 Å². The third kappa shape index (κ3) is 2.66. The van der Waals surface area contributed by atoms with Crippen LogP contribution in [-0.4, -0.2) is 24.5 Å². The molecule has 0 radical (unpaired) electrons. The molecular weight excluding hydrogens is 208 g/mol. The Morgan fingerprint density at radius 3 is 2.50 bits per heavy atom. The van der Waals surface area contributed by atoms with Gasteiger partial charge in [0.15, 0.2) is 11.5 Å². The summed E-state index contributed by atoms with van der Waals surface area (Å²) in [5.74, 6) is -0.836. The van der Waals surface area contributed by atoms with Crippen LogP contribution in [0.2, 0.25) is 0 Å². The van der Waals surface area contributed by atoms with E-state index in [1.807, 2.05) is 0 Å². The summed E-state index contributed by atoms with van der Waals surface area (Å²) in [5, 5.41) is 9.66. The van der Waals surface area contributed by atoms with E-state index in [-0.39, 0.29) is 0 Å². The van der Waals surface area contributed by atoms with E-state index < -0.39 is 17.4 Å². The molecule has 1 aromatic carbocycles. The van der Waals surface area contributed by atoms with Crippen LogP contribution in [0.4, 0.5) is 5.69 Å². The Morgan fingerprint density at radius 2 is 1.94 bits per heavy atom. The van der Waals surface area contributed by atoms with E-state index in [0.29, 0.717) is 11.4 Å². The number of anilines is 1. The second-order valence-corrected chi connectivity index (χ2v) is 3.09. The minimum Gasteiger partial charge on any atom is -0.495 e. The number of rotatable bonds is 4. The lowest BCUT2D eigenvalue weighted by Crippen LogP contribution is -2.27. The summed E-state index contributed by atoms with van der Waals surface area (Å²) < 4.78 is 5.02. The smallest absolute Gasteiger partial charge is 0.277 e.